The SMILES string of the molecule is COc1ccc(CNC(=O)c2cnc3ccccc3c2)c(OC)c1. The second-order valence-electron chi connectivity index (χ2n) is 5.28. The van der Waals surface area contributed by atoms with E-state index in [1.165, 1.54) is 0 Å². The summed E-state index contributed by atoms with van der Waals surface area (Å²) in [5, 5.41) is 3.83. The summed E-state index contributed by atoms with van der Waals surface area (Å²) >= 11 is 0. The van der Waals surface area contributed by atoms with Gasteiger partial charge in [0.25, 0.3) is 5.91 Å². The number of amides is 1. The highest BCUT2D eigenvalue weighted by Crippen LogP contribution is 2.24. The first-order valence-electron chi connectivity index (χ1n) is 7.55. The summed E-state index contributed by atoms with van der Waals surface area (Å²) in [7, 11) is 3.19. The molecule has 0 spiro atoms. The number of benzene rings is 2. The maximum Gasteiger partial charge on any atom is 0.253 e. The van der Waals surface area contributed by atoms with Gasteiger partial charge in [-0.15, -0.1) is 0 Å². The number of carbonyl (C=O) groups is 1. The molecule has 0 bridgehead atoms. The Hall–Kier alpha value is -3.08. The molecular formula is C19H18N2O3. The molecule has 122 valence electrons. The molecule has 1 aromatic heterocycles. The molecule has 0 saturated carbocycles. The molecule has 0 unspecified atom stereocenters. The predicted molar refractivity (Wildman–Crippen MR) is 92.5 cm³/mol. The monoisotopic (exact) mass is 322 g/mol. The van der Waals surface area contributed by atoms with Gasteiger partial charge in [0.1, 0.15) is 11.5 Å². The molecule has 0 aliphatic carbocycles. The summed E-state index contributed by atoms with van der Waals surface area (Å²) in [6, 6.07) is 15.0. The van der Waals surface area contributed by atoms with Crippen LogP contribution in [-0.2, 0) is 6.54 Å². The van der Waals surface area contributed by atoms with E-state index in [-0.39, 0.29) is 5.91 Å². The van der Waals surface area contributed by atoms with Crippen LogP contribution in [0.4, 0.5) is 0 Å². The first-order valence-corrected chi connectivity index (χ1v) is 7.55. The van der Waals surface area contributed by atoms with Crippen LogP contribution in [0.5, 0.6) is 11.5 Å². The highest BCUT2D eigenvalue weighted by molar-refractivity contribution is 5.97. The summed E-state index contributed by atoms with van der Waals surface area (Å²) in [4.78, 5) is 16.7. The molecule has 5 heteroatoms. The Morgan fingerprint density at radius 2 is 1.92 bits per heavy atom. The predicted octanol–water partition coefficient (Wildman–Crippen LogP) is 3.18. The van der Waals surface area contributed by atoms with Crippen molar-refractivity contribution in [3.05, 3.63) is 65.9 Å². The van der Waals surface area contributed by atoms with Crippen molar-refractivity contribution < 1.29 is 14.3 Å². The number of para-hydroxylation sites is 1. The lowest BCUT2D eigenvalue weighted by Crippen LogP contribution is -2.23. The van der Waals surface area contributed by atoms with E-state index in [0.29, 0.717) is 23.6 Å². The van der Waals surface area contributed by atoms with Gasteiger partial charge in [0.15, 0.2) is 0 Å². The average molecular weight is 322 g/mol. The van der Waals surface area contributed by atoms with E-state index in [1.807, 2.05) is 42.5 Å². The molecule has 0 aliphatic heterocycles. The zero-order chi connectivity index (χ0) is 16.9. The van der Waals surface area contributed by atoms with Crippen LogP contribution in [0.3, 0.4) is 0 Å². The molecule has 1 N–H and O–H groups in total. The van der Waals surface area contributed by atoms with Gasteiger partial charge in [0.05, 0.1) is 25.3 Å². The third-order valence-corrected chi connectivity index (χ3v) is 3.79. The Morgan fingerprint density at radius 1 is 1.08 bits per heavy atom. The number of hydrogen-bond donors (Lipinski definition) is 1. The van der Waals surface area contributed by atoms with Crippen molar-refractivity contribution in [2.24, 2.45) is 0 Å². The Labute approximate surface area is 140 Å². The van der Waals surface area contributed by atoms with E-state index < -0.39 is 0 Å². The Kier molecular flexibility index (Phi) is 4.61. The van der Waals surface area contributed by atoms with Gasteiger partial charge in [0.2, 0.25) is 0 Å². The molecule has 0 fully saturated rings. The van der Waals surface area contributed by atoms with Gasteiger partial charge < -0.3 is 14.8 Å². The molecule has 0 aliphatic rings. The topological polar surface area (TPSA) is 60.5 Å². The highest BCUT2D eigenvalue weighted by Gasteiger charge is 2.10. The van der Waals surface area contributed by atoms with E-state index in [0.717, 1.165) is 16.5 Å². The van der Waals surface area contributed by atoms with Gasteiger partial charge in [0, 0.05) is 29.8 Å². The third-order valence-electron chi connectivity index (χ3n) is 3.79. The number of nitrogens with zero attached hydrogens (tertiary/aromatic N) is 1. The second kappa shape index (κ2) is 7.00. The van der Waals surface area contributed by atoms with Gasteiger partial charge in [-0.1, -0.05) is 18.2 Å². The van der Waals surface area contributed by atoms with Crippen molar-refractivity contribution >= 4 is 16.8 Å². The molecule has 1 amide bonds. The number of carbonyl (C=O) groups excluding carboxylic acids is 1. The van der Waals surface area contributed by atoms with E-state index in [9.17, 15) is 4.79 Å². The first-order chi connectivity index (χ1) is 11.7. The molecule has 0 radical (unpaired) electrons. The smallest absolute Gasteiger partial charge is 0.253 e. The van der Waals surface area contributed by atoms with Gasteiger partial charge in [-0.3, -0.25) is 9.78 Å². The fourth-order valence-corrected chi connectivity index (χ4v) is 2.47. The van der Waals surface area contributed by atoms with Crippen molar-refractivity contribution in [3.8, 4) is 11.5 Å². The van der Waals surface area contributed by atoms with Crippen LogP contribution in [0.25, 0.3) is 10.9 Å². The molecule has 1 heterocycles. The maximum atomic E-state index is 12.4. The van der Waals surface area contributed by atoms with E-state index in [1.54, 1.807) is 26.5 Å². The van der Waals surface area contributed by atoms with Crippen LogP contribution in [0.1, 0.15) is 15.9 Å². The van der Waals surface area contributed by atoms with Crippen LogP contribution in [0.15, 0.2) is 54.7 Å². The quantitative estimate of drug-likeness (QED) is 0.784. The molecule has 3 aromatic rings. The van der Waals surface area contributed by atoms with Crippen LogP contribution in [-0.4, -0.2) is 25.1 Å². The second-order valence-corrected chi connectivity index (χ2v) is 5.28. The summed E-state index contributed by atoms with van der Waals surface area (Å²) in [5.41, 5.74) is 2.27. The molecule has 3 rings (SSSR count). The number of hydrogen-bond acceptors (Lipinski definition) is 4. The standard InChI is InChI=1S/C19H18N2O3/c1-23-16-8-7-14(18(10-16)24-2)11-21-19(22)15-9-13-5-3-4-6-17(13)20-12-15/h3-10,12H,11H2,1-2H3,(H,21,22). The summed E-state index contributed by atoms with van der Waals surface area (Å²) in [6.45, 7) is 0.360. The number of nitrogens with one attached hydrogen (secondary N) is 1. The number of rotatable bonds is 5. The minimum atomic E-state index is -0.175. The van der Waals surface area contributed by atoms with Crippen molar-refractivity contribution in [2.75, 3.05) is 14.2 Å². The zero-order valence-corrected chi connectivity index (χ0v) is 13.6. The van der Waals surface area contributed by atoms with Crippen molar-refractivity contribution in [1.82, 2.24) is 10.3 Å². The van der Waals surface area contributed by atoms with Crippen LogP contribution in [0, 0.1) is 0 Å². The van der Waals surface area contributed by atoms with Crippen molar-refractivity contribution in [2.45, 2.75) is 6.54 Å². The lowest BCUT2D eigenvalue weighted by Gasteiger charge is -2.11. The minimum absolute atomic E-state index is 0.175. The number of pyridine rings is 1. The van der Waals surface area contributed by atoms with Gasteiger partial charge in [-0.05, 0) is 24.3 Å². The summed E-state index contributed by atoms with van der Waals surface area (Å²) in [5.74, 6) is 1.21. The molecule has 5 nitrogen and oxygen atoms in total. The van der Waals surface area contributed by atoms with Gasteiger partial charge >= 0.3 is 0 Å². The first kappa shape index (κ1) is 15.8. The van der Waals surface area contributed by atoms with Crippen LogP contribution in [0.2, 0.25) is 0 Å². The Balaban J connectivity index is 1.75. The molecular weight excluding hydrogens is 304 g/mol. The minimum Gasteiger partial charge on any atom is -0.497 e. The van der Waals surface area contributed by atoms with E-state index >= 15 is 0 Å². The van der Waals surface area contributed by atoms with Gasteiger partial charge in [-0.2, -0.15) is 0 Å². The Bertz CT molecular complexity index is 877. The highest BCUT2D eigenvalue weighted by atomic mass is 16.5. The third kappa shape index (κ3) is 3.30. The van der Waals surface area contributed by atoms with E-state index in [2.05, 4.69) is 10.3 Å². The van der Waals surface area contributed by atoms with E-state index in [4.69, 9.17) is 9.47 Å². The fraction of sp³-hybridized carbons (Fsp3) is 0.158. The summed E-state index contributed by atoms with van der Waals surface area (Å²) < 4.78 is 10.5. The normalized spacial score (nSPS) is 10.4. The largest absolute Gasteiger partial charge is 0.497 e. The molecule has 0 saturated heterocycles. The number of methoxy groups -OCH3 is 2. The van der Waals surface area contributed by atoms with Crippen molar-refractivity contribution in [3.63, 3.8) is 0 Å². The number of fused-ring (bicyclic) bond motifs is 1. The number of aromatic nitrogens is 1. The summed E-state index contributed by atoms with van der Waals surface area (Å²) in [6.07, 6.45) is 1.59. The fourth-order valence-electron chi connectivity index (χ4n) is 2.47. The molecule has 2 aromatic carbocycles. The Morgan fingerprint density at radius 3 is 2.71 bits per heavy atom. The molecule has 0 atom stereocenters. The maximum absolute atomic E-state index is 12.4. The lowest BCUT2D eigenvalue weighted by molar-refractivity contribution is 0.0950. The number of ether oxygens (including phenoxy) is 2. The van der Waals surface area contributed by atoms with Crippen LogP contribution < -0.4 is 14.8 Å². The van der Waals surface area contributed by atoms with Gasteiger partial charge in [-0.25, -0.2) is 0 Å². The average Bonchev–Trinajstić information content (AvgIpc) is 2.65. The zero-order valence-electron chi connectivity index (χ0n) is 13.6. The van der Waals surface area contributed by atoms with Crippen molar-refractivity contribution in [1.29, 1.82) is 0 Å². The molecule has 24 heavy (non-hydrogen) atoms. The lowest BCUT2D eigenvalue weighted by atomic mass is 10.1. The van der Waals surface area contributed by atoms with Crippen LogP contribution >= 0.6 is 0 Å².